The van der Waals surface area contributed by atoms with Gasteiger partial charge in [0.25, 0.3) is 0 Å². The van der Waals surface area contributed by atoms with Crippen molar-refractivity contribution in [3.63, 3.8) is 0 Å². The van der Waals surface area contributed by atoms with Crippen LogP contribution in [-0.4, -0.2) is 19.9 Å². The van der Waals surface area contributed by atoms with Gasteiger partial charge in [-0.05, 0) is 34.1 Å². The van der Waals surface area contributed by atoms with Gasteiger partial charge in [-0.25, -0.2) is 15.0 Å². The third-order valence-corrected chi connectivity index (χ3v) is 4.35. The highest BCUT2D eigenvalue weighted by Gasteiger charge is 2.09. The van der Waals surface area contributed by atoms with Gasteiger partial charge in [-0.3, -0.25) is 0 Å². The van der Waals surface area contributed by atoms with Crippen LogP contribution in [0.15, 0.2) is 45.2 Å². The molecule has 0 fully saturated rings. The zero-order valence-corrected chi connectivity index (χ0v) is 11.5. The summed E-state index contributed by atoms with van der Waals surface area (Å²) in [4.78, 5) is 16.5. The van der Waals surface area contributed by atoms with Crippen LogP contribution < -0.4 is 5.73 Å². The van der Waals surface area contributed by atoms with Crippen molar-refractivity contribution in [3.8, 4) is 0 Å². The van der Waals surface area contributed by atoms with E-state index >= 15 is 0 Å². The van der Waals surface area contributed by atoms with Crippen LogP contribution >= 0.6 is 27.7 Å². The number of fused-ring (bicyclic) bond motifs is 1. The molecule has 0 radical (unpaired) electrons. The summed E-state index contributed by atoms with van der Waals surface area (Å²) in [5.41, 5.74) is 7.94. The Labute approximate surface area is 115 Å². The van der Waals surface area contributed by atoms with Crippen LogP contribution in [0.25, 0.3) is 11.2 Å². The van der Waals surface area contributed by atoms with E-state index < -0.39 is 0 Å². The van der Waals surface area contributed by atoms with E-state index in [1.54, 1.807) is 6.33 Å². The number of aromatic nitrogens is 4. The summed E-state index contributed by atoms with van der Waals surface area (Å²) in [6.07, 6.45) is 3.12. The number of aromatic amines is 1. The first-order chi connectivity index (χ1) is 8.74. The maximum absolute atomic E-state index is 5.71. The fraction of sp³-hybridized carbons (Fsp3) is 0. The van der Waals surface area contributed by atoms with E-state index in [2.05, 4.69) is 35.9 Å². The third kappa shape index (κ3) is 2.06. The van der Waals surface area contributed by atoms with Gasteiger partial charge >= 0.3 is 0 Å². The van der Waals surface area contributed by atoms with Crippen LogP contribution in [0.5, 0.6) is 0 Å². The Kier molecular flexibility index (Phi) is 2.92. The Morgan fingerprint density at radius 2 is 2.11 bits per heavy atom. The second kappa shape index (κ2) is 4.58. The largest absolute Gasteiger partial charge is 0.399 e. The number of hydrogen-bond donors (Lipinski definition) is 2. The first kappa shape index (κ1) is 11.5. The standard InChI is InChI=1S/C11H8BrN5S/c12-7-3-6(13)1-2-8(7)18-11-9-10(15-4-14-9)16-5-17-11/h1-5H,13H2,(H,14,15,16,17). The summed E-state index contributed by atoms with van der Waals surface area (Å²) in [5.74, 6) is 0. The zero-order valence-electron chi connectivity index (χ0n) is 9.09. The van der Waals surface area contributed by atoms with E-state index in [4.69, 9.17) is 5.73 Å². The highest BCUT2D eigenvalue weighted by Crippen LogP contribution is 2.35. The molecule has 0 saturated carbocycles. The van der Waals surface area contributed by atoms with E-state index in [0.717, 1.165) is 25.6 Å². The van der Waals surface area contributed by atoms with Crippen molar-refractivity contribution in [1.82, 2.24) is 19.9 Å². The average molecular weight is 322 g/mol. The molecule has 0 saturated heterocycles. The van der Waals surface area contributed by atoms with E-state index in [-0.39, 0.29) is 0 Å². The number of nitrogen functional groups attached to an aromatic ring is 1. The Bertz CT molecular complexity index is 711. The number of H-pyrrole nitrogens is 1. The average Bonchev–Trinajstić information content (AvgIpc) is 2.82. The Hall–Kier alpha value is -1.60. The van der Waals surface area contributed by atoms with Gasteiger partial charge in [-0.1, -0.05) is 11.8 Å². The molecule has 0 unspecified atom stereocenters. The van der Waals surface area contributed by atoms with Crippen LogP contribution in [0.2, 0.25) is 0 Å². The molecule has 18 heavy (non-hydrogen) atoms. The highest BCUT2D eigenvalue weighted by atomic mass is 79.9. The van der Waals surface area contributed by atoms with Crippen molar-refractivity contribution in [2.75, 3.05) is 5.73 Å². The topological polar surface area (TPSA) is 80.5 Å². The molecule has 0 aliphatic rings. The molecule has 0 atom stereocenters. The lowest BCUT2D eigenvalue weighted by Crippen LogP contribution is -1.88. The smallest absolute Gasteiger partial charge is 0.181 e. The Balaban J connectivity index is 2.03. The number of nitrogens with one attached hydrogen (secondary N) is 1. The van der Waals surface area contributed by atoms with E-state index in [1.807, 2.05) is 18.2 Å². The van der Waals surface area contributed by atoms with Crippen LogP contribution in [0.3, 0.4) is 0 Å². The van der Waals surface area contributed by atoms with Crippen molar-refractivity contribution >= 4 is 44.5 Å². The number of benzene rings is 1. The molecular formula is C11H8BrN5S. The lowest BCUT2D eigenvalue weighted by molar-refractivity contribution is 1.08. The minimum absolute atomic E-state index is 0.666. The summed E-state index contributed by atoms with van der Waals surface area (Å²) in [7, 11) is 0. The quantitative estimate of drug-likeness (QED) is 0.560. The molecule has 90 valence electrons. The van der Waals surface area contributed by atoms with Crippen LogP contribution in [0, 0.1) is 0 Å². The Morgan fingerprint density at radius 1 is 1.22 bits per heavy atom. The van der Waals surface area contributed by atoms with E-state index in [9.17, 15) is 0 Å². The zero-order chi connectivity index (χ0) is 12.5. The lowest BCUT2D eigenvalue weighted by Gasteiger charge is -2.04. The maximum Gasteiger partial charge on any atom is 0.181 e. The minimum atomic E-state index is 0.666. The Morgan fingerprint density at radius 3 is 2.94 bits per heavy atom. The van der Waals surface area contributed by atoms with Gasteiger partial charge in [0, 0.05) is 15.1 Å². The first-order valence-electron chi connectivity index (χ1n) is 5.11. The summed E-state index contributed by atoms with van der Waals surface area (Å²) in [5, 5.41) is 0.836. The molecule has 5 nitrogen and oxygen atoms in total. The number of halogens is 1. The summed E-state index contributed by atoms with van der Waals surface area (Å²) in [6.45, 7) is 0. The fourth-order valence-electron chi connectivity index (χ4n) is 1.52. The molecular weight excluding hydrogens is 314 g/mol. The van der Waals surface area contributed by atoms with Crippen molar-refractivity contribution in [3.05, 3.63) is 35.3 Å². The van der Waals surface area contributed by atoms with Gasteiger partial charge in [-0.2, -0.15) is 0 Å². The molecule has 0 aliphatic heterocycles. The van der Waals surface area contributed by atoms with Crippen LogP contribution in [0.1, 0.15) is 0 Å². The molecule has 1 aromatic carbocycles. The van der Waals surface area contributed by atoms with Gasteiger partial charge in [0.2, 0.25) is 0 Å². The van der Waals surface area contributed by atoms with Crippen LogP contribution in [0.4, 0.5) is 5.69 Å². The number of nitrogens with two attached hydrogens (primary N) is 1. The molecule has 2 aromatic heterocycles. The van der Waals surface area contributed by atoms with Gasteiger partial charge in [0.15, 0.2) is 5.65 Å². The molecule has 3 aromatic rings. The molecule has 0 spiro atoms. The van der Waals surface area contributed by atoms with E-state index in [0.29, 0.717) is 5.65 Å². The van der Waals surface area contributed by atoms with Gasteiger partial charge in [0.1, 0.15) is 16.9 Å². The summed E-state index contributed by atoms with van der Waals surface area (Å²) >= 11 is 5.02. The van der Waals surface area contributed by atoms with Crippen LogP contribution in [-0.2, 0) is 0 Å². The predicted molar refractivity (Wildman–Crippen MR) is 74.4 cm³/mol. The van der Waals surface area contributed by atoms with Gasteiger partial charge in [0.05, 0.1) is 6.33 Å². The van der Waals surface area contributed by atoms with Crippen molar-refractivity contribution in [2.45, 2.75) is 9.92 Å². The van der Waals surface area contributed by atoms with Crippen molar-refractivity contribution in [2.24, 2.45) is 0 Å². The van der Waals surface area contributed by atoms with E-state index in [1.165, 1.54) is 18.1 Å². The maximum atomic E-state index is 5.71. The van der Waals surface area contributed by atoms with Crippen molar-refractivity contribution in [1.29, 1.82) is 0 Å². The number of imidazole rings is 1. The normalized spacial score (nSPS) is 10.9. The molecule has 7 heteroatoms. The van der Waals surface area contributed by atoms with Gasteiger partial charge in [-0.15, -0.1) is 0 Å². The molecule has 2 heterocycles. The SMILES string of the molecule is Nc1ccc(Sc2ncnc3nc[nH]c23)c(Br)c1. The monoisotopic (exact) mass is 321 g/mol. The summed E-state index contributed by atoms with van der Waals surface area (Å²) < 4.78 is 0.943. The van der Waals surface area contributed by atoms with Crippen molar-refractivity contribution < 1.29 is 0 Å². The number of hydrogen-bond acceptors (Lipinski definition) is 5. The minimum Gasteiger partial charge on any atom is -0.399 e. The second-order valence-corrected chi connectivity index (χ2v) is 5.46. The number of rotatable bonds is 2. The number of anilines is 1. The molecule has 3 rings (SSSR count). The highest BCUT2D eigenvalue weighted by molar-refractivity contribution is 9.10. The molecule has 0 amide bonds. The predicted octanol–water partition coefficient (Wildman–Crippen LogP) is 2.85. The fourth-order valence-corrected chi connectivity index (χ4v) is 3.02. The third-order valence-electron chi connectivity index (χ3n) is 2.35. The lowest BCUT2D eigenvalue weighted by atomic mass is 10.3. The molecule has 3 N–H and O–H groups in total. The van der Waals surface area contributed by atoms with Gasteiger partial charge < -0.3 is 10.7 Å². The first-order valence-corrected chi connectivity index (χ1v) is 6.72. The molecule has 0 aliphatic carbocycles. The summed E-state index contributed by atoms with van der Waals surface area (Å²) in [6, 6.07) is 5.68. The second-order valence-electron chi connectivity index (χ2n) is 3.57. The molecule has 0 bridgehead atoms. The number of nitrogens with zero attached hydrogens (tertiary/aromatic N) is 3.